The fraction of sp³-hybridized carbons (Fsp3) is 0.214. The van der Waals surface area contributed by atoms with E-state index in [9.17, 15) is 20.4 Å². The SMILES string of the molecule is Cc1cccc(C)c1[O-].Cc1cccc(C)c1[O-].[O-]Cc1ccccn1.[O-]Cc1ccccn1.[Ti+4]. The van der Waals surface area contributed by atoms with Crippen LogP contribution in [0.3, 0.4) is 0 Å². The molecule has 2 heterocycles. The molecule has 0 saturated heterocycles. The fourth-order valence-corrected chi connectivity index (χ4v) is 2.57. The van der Waals surface area contributed by atoms with Crippen LogP contribution in [0.4, 0.5) is 0 Å². The topological polar surface area (TPSA) is 118 Å². The molecule has 0 N–H and O–H groups in total. The van der Waals surface area contributed by atoms with Crippen LogP contribution < -0.4 is 20.4 Å². The molecule has 0 bridgehead atoms. The number of pyridine rings is 2. The molecule has 2 aromatic carbocycles. The summed E-state index contributed by atoms with van der Waals surface area (Å²) in [5, 5.41) is 42.1. The number of rotatable bonds is 2. The van der Waals surface area contributed by atoms with E-state index in [0.717, 1.165) is 22.3 Å². The summed E-state index contributed by atoms with van der Waals surface area (Å²) in [5.41, 5.74) is 4.52. The third-order valence-electron chi connectivity index (χ3n) is 4.57. The van der Waals surface area contributed by atoms with Crippen molar-refractivity contribution >= 4 is 0 Å². The molecule has 0 aliphatic rings. The molecule has 180 valence electrons. The number of nitrogens with zero attached hydrogens (tertiary/aromatic N) is 2. The van der Waals surface area contributed by atoms with Gasteiger partial charge in [-0.15, -0.1) is 11.5 Å². The molecule has 0 radical (unpaired) electrons. The molecular formula is C28H30N2O4Ti. The molecule has 0 saturated carbocycles. The Labute approximate surface area is 222 Å². The molecule has 0 spiro atoms. The van der Waals surface area contributed by atoms with E-state index in [0.29, 0.717) is 11.4 Å². The zero-order chi connectivity index (χ0) is 25.3. The number of aryl methyl sites for hydroxylation is 4. The Morgan fingerprint density at radius 1 is 0.514 bits per heavy atom. The van der Waals surface area contributed by atoms with Gasteiger partial charge in [-0.3, -0.25) is 9.97 Å². The molecule has 0 aliphatic heterocycles. The summed E-state index contributed by atoms with van der Waals surface area (Å²) in [6, 6.07) is 21.7. The number of hydrogen-bond donors (Lipinski definition) is 0. The second-order valence-electron chi connectivity index (χ2n) is 7.37. The molecular weight excluding hydrogens is 476 g/mol. The van der Waals surface area contributed by atoms with Crippen molar-refractivity contribution in [2.24, 2.45) is 0 Å². The first-order valence-corrected chi connectivity index (χ1v) is 10.7. The zero-order valence-corrected chi connectivity index (χ0v) is 22.1. The Kier molecular flexibility index (Phi) is 16.7. The predicted octanol–water partition coefficient (Wildman–Crippen LogP) is 2.64. The van der Waals surface area contributed by atoms with E-state index in [1.165, 1.54) is 0 Å². The first kappa shape index (κ1) is 32.0. The van der Waals surface area contributed by atoms with Gasteiger partial charge in [-0.05, 0) is 52.0 Å². The van der Waals surface area contributed by atoms with Crippen LogP contribution in [0.2, 0.25) is 0 Å². The summed E-state index contributed by atoms with van der Waals surface area (Å²) in [7, 11) is 0. The quantitative estimate of drug-likeness (QED) is 0.386. The molecule has 0 amide bonds. The second-order valence-corrected chi connectivity index (χ2v) is 7.37. The third kappa shape index (κ3) is 12.9. The maximum absolute atomic E-state index is 11.0. The monoisotopic (exact) mass is 506 g/mol. The van der Waals surface area contributed by atoms with Crippen molar-refractivity contribution in [2.45, 2.75) is 40.9 Å². The van der Waals surface area contributed by atoms with Crippen LogP contribution in [0.5, 0.6) is 11.5 Å². The maximum Gasteiger partial charge on any atom is 4.00 e. The van der Waals surface area contributed by atoms with Gasteiger partial charge in [0.15, 0.2) is 0 Å². The van der Waals surface area contributed by atoms with Gasteiger partial charge in [-0.1, -0.05) is 84.0 Å². The first-order chi connectivity index (χ1) is 16.3. The van der Waals surface area contributed by atoms with E-state index in [1.807, 2.05) is 64.1 Å². The summed E-state index contributed by atoms with van der Waals surface area (Å²) in [4.78, 5) is 7.57. The van der Waals surface area contributed by atoms with Crippen molar-refractivity contribution in [3.05, 3.63) is 119 Å². The molecule has 0 fully saturated rings. The Bertz CT molecular complexity index is 965. The van der Waals surface area contributed by atoms with Gasteiger partial charge >= 0.3 is 21.7 Å². The standard InChI is InChI=1S/2C8H10O.2C6H6NO.Ti/c2*1-6-4-3-5-7(2)8(6)9;2*8-5-6-3-1-2-4-7-6;/h2*3-5,9H,1-2H3;2*1-4H,5H2;/q;;2*-1;+4/p-2. The third-order valence-corrected chi connectivity index (χ3v) is 4.57. The summed E-state index contributed by atoms with van der Waals surface area (Å²) in [5.74, 6) is 0.329. The molecule has 0 unspecified atom stereocenters. The largest absolute Gasteiger partial charge is 4.00 e. The van der Waals surface area contributed by atoms with E-state index in [-0.39, 0.29) is 46.4 Å². The van der Waals surface area contributed by atoms with Crippen LogP contribution in [-0.2, 0) is 34.9 Å². The Hall–Kier alpha value is -3.03. The van der Waals surface area contributed by atoms with Crippen LogP contribution in [0.1, 0.15) is 33.6 Å². The molecule has 6 nitrogen and oxygen atoms in total. The molecule has 2 aromatic heterocycles. The maximum atomic E-state index is 11.0. The average molecular weight is 506 g/mol. The number of para-hydroxylation sites is 2. The zero-order valence-electron chi connectivity index (χ0n) is 20.5. The minimum Gasteiger partial charge on any atom is -0.872 e. The summed E-state index contributed by atoms with van der Waals surface area (Å²) in [6.07, 6.45) is 3.24. The minimum absolute atomic E-state index is 0. The molecule has 35 heavy (non-hydrogen) atoms. The van der Waals surface area contributed by atoms with Crippen LogP contribution in [-0.4, -0.2) is 9.97 Å². The smallest absolute Gasteiger partial charge is 0.872 e. The van der Waals surface area contributed by atoms with Crippen LogP contribution in [0.25, 0.3) is 0 Å². The van der Waals surface area contributed by atoms with Gasteiger partial charge in [-0.2, -0.15) is 0 Å². The summed E-state index contributed by atoms with van der Waals surface area (Å²) < 4.78 is 0. The number of aromatic nitrogens is 2. The Balaban J connectivity index is 0.000000437. The van der Waals surface area contributed by atoms with Crippen LogP contribution in [0.15, 0.2) is 85.2 Å². The fourth-order valence-electron chi connectivity index (χ4n) is 2.57. The van der Waals surface area contributed by atoms with Gasteiger partial charge in [0, 0.05) is 23.8 Å². The number of benzene rings is 2. The Morgan fingerprint density at radius 2 is 0.829 bits per heavy atom. The van der Waals surface area contributed by atoms with Crippen LogP contribution >= 0.6 is 0 Å². The van der Waals surface area contributed by atoms with Gasteiger partial charge in [0.05, 0.1) is 0 Å². The molecule has 0 atom stereocenters. The number of hydrogen-bond acceptors (Lipinski definition) is 6. The second kappa shape index (κ2) is 18.3. The van der Waals surface area contributed by atoms with Gasteiger partial charge in [0.2, 0.25) is 0 Å². The van der Waals surface area contributed by atoms with Crippen molar-refractivity contribution in [2.75, 3.05) is 0 Å². The van der Waals surface area contributed by atoms with E-state index in [1.54, 1.807) is 48.8 Å². The summed E-state index contributed by atoms with van der Waals surface area (Å²) >= 11 is 0. The van der Waals surface area contributed by atoms with Gasteiger partial charge in [0.1, 0.15) is 0 Å². The summed E-state index contributed by atoms with van der Waals surface area (Å²) in [6.45, 7) is 6.87. The molecule has 0 aliphatic carbocycles. The van der Waals surface area contributed by atoms with E-state index in [4.69, 9.17) is 0 Å². The van der Waals surface area contributed by atoms with E-state index < -0.39 is 0 Å². The van der Waals surface area contributed by atoms with Crippen molar-refractivity contribution in [3.8, 4) is 11.5 Å². The minimum atomic E-state index is -0.221. The van der Waals surface area contributed by atoms with Gasteiger partial charge < -0.3 is 20.4 Å². The average Bonchev–Trinajstić information content (AvgIpc) is 2.88. The predicted molar refractivity (Wildman–Crippen MR) is 127 cm³/mol. The van der Waals surface area contributed by atoms with Crippen molar-refractivity contribution in [1.29, 1.82) is 0 Å². The Morgan fingerprint density at radius 3 is 1.00 bits per heavy atom. The first-order valence-electron chi connectivity index (χ1n) is 10.7. The van der Waals surface area contributed by atoms with Crippen LogP contribution in [0, 0.1) is 27.7 Å². The molecule has 4 rings (SSSR count). The van der Waals surface area contributed by atoms with Crippen molar-refractivity contribution < 1.29 is 42.1 Å². The molecule has 7 heteroatoms. The normalized spacial score (nSPS) is 9.09. The van der Waals surface area contributed by atoms with Crippen molar-refractivity contribution in [1.82, 2.24) is 9.97 Å². The van der Waals surface area contributed by atoms with Gasteiger partial charge in [-0.25, -0.2) is 0 Å². The molecule has 4 aromatic rings. The van der Waals surface area contributed by atoms with E-state index in [2.05, 4.69) is 9.97 Å². The van der Waals surface area contributed by atoms with Crippen molar-refractivity contribution in [3.63, 3.8) is 0 Å². The van der Waals surface area contributed by atoms with E-state index >= 15 is 0 Å². The van der Waals surface area contributed by atoms with Gasteiger partial charge in [0.25, 0.3) is 0 Å².